The zero-order valence-corrected chi connectivity index (χ0v) is 17.9. The summed E-state index contributed by atoms with van der Waals surface area (Å²) in [5.41, 5.74) is 1.02. The van der Waals surface area contributed by atoms with E-state index < -0.39 is 0 Å². The first kappa shape index (κ1) is 20.4. The van der Waals surface area contributed by atoms with Crippen molar-refractivity contribution in [3.05, 3.63) is 35.6 Å². The lowest BCUT2D eigenvalue weighted by atomic mass is 9.99. The summed E-state index contributed by atoms with van der Waals surface area (Å²) in [6, 6.07) is 8.54. The standard InChI is InChI=1S/C24H29FN4O2/c1-15(23(30)28-10-2-3-19(28)12-26)13-27-14-20-11-21(27)24(31)29(20)22(16-4-5-16)17-6-8-18(25)9-7-17/h6-9,15-16,19-22H,2-5,10-11,13-14H2,1H3/t15-,19-,20+,21+,22+/m0/s1. The SMILES string of the molecule is C[C@@H](CN1C[C@H]2C[C@@H]1C(=O)N2[C@@H](c1ccc(F)cc1)C1CC1)C(=O)N1CCC[C@H]1C#N. The van der Waals surface area contributed by atoms with Crippen LogP contribution in [0.15, 0.2) is 24.3 Å². The highest BCUT2D eigenvalue weighted by Gasteiger charge is 2.54. The van der Waals surface area contributed by atoms with E-state index in [9.17, 15) is 19.2 Å². The Bertz CT molecular complexity index is 909. The van der Waals surface area contributed by atoms with Crippen LogP contribution in [0, 0.1) is 29.0 Å². The molecule has 164 valence electrons. The number of carbonyl (C=O) groups is 2. The van der Waals surface area contributed by atoms with Crippen molar-refractivity contribution in [3.8, 4) is 6.07 Å². The van der Waals surface area contributed by atoms with Crippen molar-refractivity contribution in [1.29, 1.82) is 5.26 Å². The summed E-state index contributed by atoms with van der Waals surface area (Å²) in [5.74, 6) is 0.146. The fraction of sp³-hybridized carbons (Fsp3) is 0.625. The fourth-order valence-electron chi connectivity index (χ4n) is 5.87. The maximum Gasteiger partial charge on any atom is 0.240 e. The molecule has 1 aromatic carbocycles. The summed E-state index contributed by atoms with van der Waals surface area (Å²) in [6.07, 6.45) is 4.64. The van der Waals surface area contributed by atoms with E-state index in [1.54, 1.807) is 4.90 Å². The van der Waals surface area contributed by atoms with Crippen LogP contribution in [0.3, 0.4) is 0 Å². The zero-order valence-electron chi connectivity index (χ0n) is 17.9. The molecular weight excluding hydrogens is 395 g/mol. The molecule has 2 bridgehead atoms. The summed E-state index contributed by atoms with van der Waals surface area (Å²) in [6.45, 7) is 3.90. The third kappa shape index (κ3) is 3.61. The highest BCUT2D eigenvalue weighted by Crippen LogP contribution is 2.49. The van der Waals surface area contributed by atoms with E-state index in [0.29, 0.717) is 19.0 Å². The average molecular weight is 425 g/mol. The topological polar surface area (TPSA) is 67.7 Å². The first-order chi connectivity index (χ1) is 15.0. The van der Waals surface area contributed by atoms with Gasteiger partial charge < -0.3 is 9.80 Å². The molecule has 3 heterocycles. The Morgan fingerprint density at radius 2 is 2.00 bits per heavy atom. The van der Waals surface area contributed by atoms with Gasteiger partial charge in [-0.2, -0.15) is 5.26 Å². The first-order valence-electron chi connectivity index (χ1n) is 11.5. The molecule has 5 atom stereocenters. The average Bonchev–Trinajstić information content (AvgIpc) is 3.20. The van der Waals surface area contributed by atoms with Crippen molar-refractivity contribution in [2.24, 2.45) is 11.8 Å². The number of nitrogens with zero attached hydrogens (tertiary/aromatic N) is 4. The predicted molar refractivity (Wildman–Crippen MR) is 112 cm³/mol. The van der Waals surface area contributed by atoms with Gasteiger partial charge in [0.1, 0.15) is 11.9 Å². The molecule has 5 rings (SSSR count). The second-order valence-corrected chi connectivity index (χ2v) is 9.66. The molecule has 0 radical (unpaired) electrons. The second kappa shape index (κ2) is 7.90. The van der Waals surface area contributed by atoms with Gasteiger partial charge in [-0.25, -0.2) is 4.39 Å². The van der Waals surface area contributed by atoms with Gasteiger partial charge in [-0.1, -0.05) is 19.1 Å². The van der Waals surface area contributed by atoms with Gasteiger partial charge >= 0.3 is 0 Å². The molecule has 7 heteroatoms. The number of piperazine rings is 1. The van der Waals surface area contributed by atoms with Crippen LogP contribution in [-0.4, -0.2) is 64.3 Å². The Kier molecular flexibility index (Phi) is 5.21. The molecule has 4 fully saturated rings. The maximum absolute atomic E-state index is 13.4. The number of hydrogen-bond donors (Lipinski definition) is 0. The minimum Gasteiger partial charge on any atom is -0.330 e. The van der Waals surface area contributed by atoms with Crippen molar-refractivity contribution in [2.75, 3.05) is 19.6 Å². The van der Waals surface area contributed by atoms with Crippen LogP contribution in [0.1, 0.15) is 50.6 Å². The Balaban J connectivity index is 1.26. The number of likely N-dealkylation sites (tertiary alicyclic amines) is 3. The second-order valence-electron chi connectivity index (χ2n) is 9.66. The van der Waals surface area contributed by atoms with Crippen LogP contribution in [0.2, 0.25) is 0 Å². The van der Waals surface area contributed by atoms with Crippen LogP contribution >= 0.6 is 0 Å². The predicted octanol–water partition coefficient (Wildman–Crippen LogP) is 2.71. The lowest BCUT2D eigenvalue weighted by Crippen LogP contribution is -2.53. The Morgan fingerprint density at radius 1 is 1.26 bits per heavy atom. The van der Waals surface area contributed by atoms with Crippen molar-refractivity contribution >= 4 is 11.8 Å². The van der Waals surface area contributed by atoms with Gasteiger partial charge in [0.15, 0.2) is 0 Å². The molecule has 0 spiro atoms. The summed E-state index contributed by atoms with van der Waals surface area (Å²) in [5, 5.41) is 9.29. The van der Waals surface area contributed by atoms with Crippen LogP contribution in [0.25, 0.3) is 0 Å². The smallest absolute Gasteiger partial charge is 0.240 e. The number of amides is 2. The molecule has 1 aromatic rings. The number of benzene rings is 1. The summed E-state index contributed by atoms with van der Waals surface area (Å²) >= 11 is 0. The van der Waals surface area contributed by atoms with Crippen LogP contribution in [0.4, 0.5) is 4.39 Å². The quantitative estimate of drug-likeness (QED) is 0.704. The van der Waals surface area contributed by atoms with Crippen molar-refractivity contribution in [2.45, 2.75) is 63.2 Å². The van der Waals surface area contributed by atoms with E-state index in [0.717, 1.165) is 44.2 Å². The van der Waals surface area contributed by atoms with Gasteiger partial charge in [0, 0.05) is 31.6 Å². The zero-order chi connectivity index (χ0) is 21.7. The molecule has 3 aliphatic heterocycles. The molecule has 0 aromatic heterocycles. The molecular formula is C24H29FN4O2. The van der Waals surface area contributed by atoms with E-state index in [2.05, 4.69) is 15.9 Å². The minimum absolute atomic E-state index is 0.0262. The van der Waals surface area contributed by atoms with Gasteiger partial charge in [0.25, 0.3) is 0 Å². The highest BCUT2D eigenvalue weighted by molar-refractivity contribution is 5.86. The Morgan fingerprint density at radius 3 is 2.65 bits per heavy atom. The third-order valence-electron chi connectivity index (χ3n) is 7.51. The van der Waals surface area contributed by atoms with Crippen molar-refractivity contribution < 1.29 is 14.0 Å². The Labute approximate surface area is 182 Å². The third-order valence-corrected chi connectivity index (χ3v) is 7.51. The lowest BCUT2D eigenvalue weighted by Gasteiger charge is -2.40. The summed E-state index contributed by atoms with van der Waals surface area (Å²) in [4.78, 5) is 32.2. The summed E-state index contributed by atoms with van der Waals surface area (Å²) in [7, 11) is 0. The molecule has 1 aliphatic carbocycles. The van der Waals surface area contributed by atoms with Gasteiger partial charge in [0.2, 0.25) is 11.8 Å². The Hall–Kier alpha value is -2.46. The van der Waals surface area contributed by atoms with Crippen molar-refractivity contribution in [3.63, 3.8) is 0 Å². The van der Waals surface area contributed by atoms with Crippen LogP contribution < -0.4 is 0 Å². The van der Waals surface area contributed by atoms with E-state index >= 15 is 0 Å². The highest BCUT2D eigenvalue weighted by atomic mass is 19.1. The largest absolute Gasteiger partial charge is 0.330 e. The fourth-order valence-corrected chi connectivity index (χ4v) is 5.87. The molecule has 1 saturated carbocycles. The van der Waals surface area contributed by atoms with Crippen LogP contribution in [0.5, 0.6) is 0 Å². The van der Waals surface area contributed by atoms with E-state index in [-0.39, 0.29) is 47.7 Å². The number of rotatable bonds is 6. The molecule has 4 aliphatic rings. The summed E-state index contributed by atoms with van der Waals surface area (Å²) < 4.78 is 13.4. The minimum atomic E-state index is -0.308. The van der Waals surface area contributed by atoms with E-state index in [4.69, 9.17) is 0 Å². The molecule has 0 N–H and O–H groups in total. The molecule has 6 nitrogen and oxygen atoms in total. The normalized spacial score (nSPS) is 30.0. The number of nitriles is 1. The van der Waals surface area contributed by atoms with Crippen molar-refractivity contribution in [1.82, 2.24) is 14.7 Å². The number of carbonyl (C=O) groups excluding carboxylic acids is 2. The molecule has 3 saturated heterocycles. The van der Waals surface area contributed by atoms with Gasteiger partial charge in [-0.05, 0) is 55.7 Å². The monoisotopic (exact) mass is 424 g/mol. The first-order valence-corrected chi connectivity index (χ1v) is 11.5. The molecule has 0 unspecified atom stereocenters. The molecule has 31 heavy (non-hydrogen) atoms. The lowest BCUT2D eigenvalue weighted by molar-refractivity contribution is -0.142. The number of fused-ring (bicyclic) bond motifs is 2. The van der Waals surface area contributed by atoms with Gasteiger partial charge in [0.05, 0.1) is 18.2 Å². The number of hydrogen-bond acceptors (Lipinski definition) is 4. The maximum atomic E-state index is 13.4. The van der Waals surface area contributed by atoms with Crippen LogP contribution in [-0.2, 0) is 9.59 Å². The number of halogens is 1. The van der Waals surface area contributed by atoms with Gasteiger partial charge in [-0.15, -0.1) is 0 Å². The van der Waals surface area contributed by atoms with E-state index in [1.807, 2.05) is 19.1 Å². The molecule has 2 amide bonds. The van der Waals surface area contributed by atoms with E-state index in [1.165, 1.54) is 12.1 Å². The van der Waals surface area contributed by atoms with Gasteiger partial charge in [-0.3, -0.25) is 14.5 Å².